The number of carbonyl (C=O) groups excluding carboxylic acids is 1. The number of rotatable bonds is 5. The molecule has 24 heavy (non-hydrogen) atoms. The van der Waals surface area contributed by atoms with Crippen molar-refractivity contribution in [2.45, 2.75) is 31.7 Å². The summed E-state index contributed by atoms with van der Waals surface area (Å²) in [5.74, 6) is -1.57. The number of hydrogen-bond donors (Lipinski definition) is 1. The zero-order chi connectivity index (χ0) is 18.7. The summed E-state index contributed by atoms with van der Waals surface area (Å²) in [4.78, 5) is 11.4. The van der Waals surface area contributed by atoms with Crippen molar-refractivity contribution >= 4 is 5.97 Å². The normalized spacial score (nSPS) is 13.5. The molecule has 1 aromatic carbocycles. The summed E-state index contributed by atoms with van der Waals surface area (Å²) in [6.07, 6.45) is -10.8. The van der Waals surface area contributed by atoms with Gasteiger partial charge in [-0.3, -0.25) is 4.79 Å². The van der Waals surface area contributed by atoms with Crippen molar-refractivity contribution in [2.75, 3.05) is 13.7 Å². The SMILES string of the molecule is CCOC(=O)C[C@H](N)c1c(OC)cc(C(F)(F)F)cc1C(F)(F)F. The molecule has 10 heteroatoms. The van der Waals surface area contributed by atoms with Gasteiger partial charge >= 0.3 is 18.3 Å². The van der Waals surface area contributed by atoms with Gasteiger partial charge in [0.15, 0.2) is 0 Å². The Morgan fingerprint density at radius 1 is 1.17 bits per heavy atom. The second kappa shape index (κ2) is 7.29. The molecule has 0 heterocycles. The highest BCUT2D eigenvalue weighted by molar-refractivity contribution is 5.71. The van der Waals surface area contributed by atoms with Gasteiger partial charge in [0.1, 0.15) is 5.75 Å². The molecule has 0 spiro atoms. The molecular weight excluding hydrogens is 344 g/mol. The predicted octanol–water partition coefficient (Wildman–Crippen LogP) is 3.69. The van der Waals surface area contributed by atoms with Crippen molar-refractivity contribution in [3.63, 3.8) is 0 Å². The first-order chi connectivity index (χ1) is 10.9. The number of benzene rings is 1. The van der Waals surface area contributed by atoms with E-state index < -0.39 is 53.2 Å². The number of carbonyl (C=O) groups is 1. The van der Waals surface area contributed by atoms with Gasteiger partial charge in [-0.25, -0.2) is 0 Å². The molecule has 2 N–H and O–H groups in total. The van der Waals surface area contributed by atoms with Crippen LogP contribution in [-0.2, 0) is 21.9 Å². The molecule has 136 valence electrons. The molecule has 0 bridgehead atoms. The summed E-state index contributed by atoms with van der Waals surface area (Å²) in [5, 5.41) is 0. The first-order valence-electron chi connectivity index (χ1n) is 6.69. The van der Waals surface area contributed by atoms with Crippen molar-refractivity contribution in [2.24, 2.45) is 5.73 Å². The third-order valence-corrected chi connectivity index (χ3v) is 3.06. The highest BCUT2D eigenvalue weighted by atomic mass is 19.4. The smallest absolute Gasteiger partial charge is 0.416 e. The molecule has 0 radical (unpaired) electrons. The lowest BCUT2D eigenvalue weighted by molar-refractivity contribution is -0.146. The molecule has 1 rings (SSSR count). The summed E-state index contributed by atoms with van der Waals surface area (Å²) < 4.78 is 87.2. The molecule has 0 aliphatic heterocycles. The fourth-order valence-corrected chi connectivity index (χ4v) is 2.08. The fourth-order valence-electron chi connectivity index (χ4n) is 2.08. The monoisotopic (exact) mass is 359 g/mol. The average molecular weight is 359 g/mol. The van der Waals surface area contributed by atoms with Crippen molar-refractivity contribution in [1.82, 2.24) is 0 Å². The Kier molecular flexibility index (Phi) is 6.09. The van der Waals surface area contributed by atoms with Crippen LogP contribution in [0.2, 0.25) is 0 Å². The fraction of sp³-hybridized carbons (Fsp3) is 0.500. The molecule has 1 atom stereocenters. The molecule has 0 unspecified atom stereocenters. The van der Waals surface area contributed by atoms with Crippen LogP contribution in [0.5, 0.6) is 5.75 Å². The van der Waals surface area contributed by atoms with Crippen LogP contribution in [0, 0.1) is 0 Å². The molecule has 0 amide bonds. The maximum atomic E-state index is 13.2. The van der Waals surface area contributed by atoms with E-state index in [1.54, 1.807) is 0 Å². The molecule has 0 aliphatic carbocycles. The molecule has 0 saturated carbocycles. The first-order valence-corrected chi connectivity index (χ1v) is 6.69. The zero-order valence-corrected chi connectivity index (χ0v) is 12.7. The molecule has 0 aromatic heterocycles. The van der Waals surface area contributed by atoms with Gasteiger partial charge in [-0.1, -0.05) is 0 Å². The van der Waals surface area contributed by atoms with Crippen molar-refractivity contribution in [1.29, 1.82) is 0 Å². The minimum atomic E-state index is -5.11. The largest absolute Gasteiger partial charge is 0.496 e. The van der Waals surface area contributed by atoms with E-state index in [1.165, 1.54) is 6.92 Å². The van der Waals surface area contributed by atoms with Gasteiger partial charge in [-0.05, 0) is 19.1 Å². The number of hydrogen-bond acceptors (Lipinski definition) is 4. The van der Waals surface area contributed by atoms with Gasteiger partial charge in [0.25, 0.3) is 0 Å². The van der Waals surface area contributed by atoms with Crippen molar-refractivity contribution in [3.05, 3.63) is 28.8 Å². The van der Waals surface area contributed by atoms with E-state index in [0.29, 0.717) is 6.07 Å². The lowest BCUT2D eigenvalue weighted by Gasteiger charge is -2.22. The second-order valence-electron chi connectivity index (χ2n) is 4.75. The Morgan fingerprint density at radius 3 is 2.17 bits per heavy atom. The summed E-state index contributed by atoms with van der Waals surface area (Å²) in [6, 6.07) is -1.18. The van der Waals surface area contributed by atoms with E-state index in [1.807, 2.05) is 0 Å². The average Bonchev–Trinajstić information content (AvgIpc) is 2.43. The minimum absolute atomic E-state index is 0.0121. The molecule has 4 nitrogen and oxygen atoms in total. The molecule has 0 aliphatic rings. The maximum absolute atomic E-state index is 13.2. The minimum Gasteiger partial charge on any atom is -0.496 e. The van der Waals surface area contributed by atoms with Crippen LogP contribution in [0.15, 0.2) is 12.1 Å². The number of esters is 1. The third-order valence-electron chi connectivity index (χ3n) is 3.06. The van der Waals surface area contributed by atoms with Crippen molar-refractivity contribution < 1.29 is 40.6 Å². The van der Waals surface area contributed by atoms with Gasteiger partial charge in [-0.2, -0.15) is 26.3 Å². The highest BCUT2D eigenvalue weighted by Crippen LogP contribution is 2.43. The number of alkyl halides is 6. The Bertz CT molecular complexity index is 597. The van der Waals surface area contributed by atoms with Crippen LogP contribution in [0.25, 0.3) is 0 Å². The molecule has 0 saturated heterocycles. The van der Waals surface area contributed by atoms with Crippen molar-refractivity contribution in [3.8, 4) is 5.75 Å². The Labute approximate surface area is 133 Å². The Balaban J connectivity index is 3.48. The van der Waals surface area contributed by atoms with Crippen LogP contribution >= 0.6 is 0 Å². The number of methoxy groups -OCH3 is 1. The third kappa shape index (κ3) is 4.76. The maximum Gasteiger partial charge on any atom is 0.416 e. The van der Waals surface area contributed by atoms with Gasteiger partial charge in [0.2, 0.25) is 0 Å². The van der Waals surface area contributed by atoms with Gasteiger partial charge < -0.3 is 15.2 Å². The number of ether oxygens (including phenoxy) is 2. The van der Waals surface area contributed by atoms with E-state index in [0.717, 1.165) is 7.11 Å². The predicted molar refractivity (Wildman–Crippen MR) is 71.2 cm³/mol. The number of halogens is 6. The van der Waals surface area contributed by atoms with E-state index in [9.17, 15) is 31.1 Å². The lowest BCUT2D eigenvalue weighted by Crippen LogP contribution is -2.23. The number of nitrogens with two attached hydrogens (primary N) is 1. The Morgan fingerprint density at radius 2 is 1.75 bits per heavy atom. The van der Waals surface area contributed by atoms with Crippen LogP contribution in [0.4, 0.5) is 26.3 Å². The van der Waals surface area contributed by atoms with E-state index >= 15 is 0 Å². The first kappa shape index (κ1) is 20.1. The standard InChI is InChI=1S/C14H15F6NO3/c1-3-24-11(22)6-9(21)12-8(14(18,19)20)4-7(13(15,16)17)5-10(12)23-2/h4-5,9H,3,6,21H2,1-2H3/t9-/m0/s1. The summed E-state index contributed by atoms with van der Waals surface area (Å²) in [5.41, 5.74) is 1.73. The molecule has 1 aromatic rings. The van der Waals surface area contributed by atoms with Gasteiger partial charge in [0, 0.05) is 11.6 Å². The second-order valence-corrected chi connectivity index (χ2v) is 4.75. The molecule has 0 fully saturated rings. The van der Waals surface area contributed by atoms with Crippen LogP contribution < -0.4 is 10.5 Å². The Hall–Kier alpha value is -1.97. The zero-order valence-electron chi connectivity index (χ0n) is 12.7. The summed E-state index contributed by atoms with van der Waals surface area (Å²) in [7, 11) is 0.913. The van der Waals surface area contributed by atoms with E-state index in [4.69, 9.17) is 5.73 Å². The topological polar surface area (TPSA) is 61.5 Å². The van der Waals surface area contributed by atoms with Gasteiger partial charge in [0.05, 0.1) is 31.3 Å². The van der Waals surface area contributed by atoms with Gasteiger partial charge in [-0.15, -0.1) is 0 Å². The summed E-state index contributed by atoms with van der Waals surface area (Å²) in [6.45, 7) is 1.48. The molecular formula is C14H15F6NO3. The quantitative estimate of drug-likeness (QED) is 0.644. The lowest BCUT2D eigenvalue weighted by atomic mass is 9.94. The van der Waals surface area contributed by atoms with Crippen LogP contribution in [0.1, 0.15) is 36.1 Å². The highest BCUT2D eigenvalue weighted by Gasteiger charge is 2.41. The van der Waals surface area contributed by atoms with E-state index in [-0.39, 0.29) is 12.7 Å². The summed E-state index contributed by atoms with van der Waals surface area (Å²) >= 11 is 0. The van der Waals surface area contributed by atoms with E-state index in [2.05, 4.69) is 9.47 Å². The van der Waals surface area contributed by atoms with Crippen LogP contribution in [-0.4, -0.2) is 19.7 Å². The van der Waals surface area contributed by atoms with Crippen LogP contribution in [0.3, 0.4) is 0 Å².